The van der Waals surface area contributed by atoms with Crippen molar-refractivity contribution in [1.29, 1.82) is 0 Å². The van der Waals surface area contributed by atoms with E-state index in [1.807, 2.05) is 11.2 Å². The second-order valence-corrected chi connectivity index (χ2v) is 5.49. The third-order valence-electron chi connectivity index (χ3n) is 3.22. The Morgan fingerprint density at radius 2 is 2.25 bits per heavy atom. The van der Waals surface area contributed by atoms with Crippen molar-refractivity contribution in [2.24, 2.45) is 5.73 Å². The second-order valence-electron chi connectivity index (χ2n) is 4.50. The predicted molar refractivity (Wildman–Crippen MR) is 69.6 cm³/mol. The Balaban J connectivity index is 2.42. The summed E-state index contributed by atoms with van der Waals surface area (Å²) in [6.45, 7) is 4.71. The molecule has 16 heavy (non-hydrogen) atoms. The van der Waals surface area contributed by atoms with E-state index in [1.165, 1.54) is 0 Å². The first-order valence-corrected chi connectivity index (χ1v) is 7.19. The van der Waals surface area contributed by atoms with Crippen molar-refractivity contribution in [3.05, 3.63) is 0 Å². The maximum atomic E-state index is 12.0. The Labute approximate surface area is 103 Å². The summed E-state index contributed by atoms with van der Waals surface area (Å²) in [4.78, 5) is 16.2. The van der Waals surface area contributed by atoms with Crippen LogP contribution in [0.5, 0.6) is 0 Å². The number of piperazine rings is 1. The minimum atomic E-state index is -0.317. The molecule has 1 saturated heterocycles. The van der Waals surface area contributed by atoms with Crippen LogP contribution in [-0.2, 0) is 4.79 Å². The van der Waals surface area contributed by atoms with Gasteiger partial charge in [0.05, 0.1) is 6.04 Å². The van der Waals surface area contributed by atoms with Crippen molar-refractivity contribution in [3.63, 3.8) is 0 Å². The molecule has 1 aliphatic rings. The van der Waals surface area contributed by atoms with Crippen molar-refractivity contribution in [2.75, 3.05) is 38.7 Å². The molecule has 0 bridgehead atoms. The van der Waals surface area contributed by atoms with E-state index >= 15 is 0 Å². The molecule has 1 unspecified atom stereocenters. The summed E-state index contributed by atoms with van der Waals surface area (Å²) in [6.07, 6.45) is 2.82. The van der Waals surface area contributed by atoms with Gasteiger partial charge in [0, 0.05) is 25.7 Å². The van der Waals surface area contributed by atoms with Gasteiger partial charge in [-0.25, -0.2) is 0 Å². The van der Waals surface area contributed by atoms with E-state index < -0.39 is 0 Å². The van der Waals surface area contributed by atoms with Crippen LogP contribution in [0.2, 0.25) is 0 Å². The molecule has 0 saturated carbocycles. The highest BCUT2D eigenvalue weighted by molar-refractivity contribution is 7.98. The summed E-state index contributed by atoms with van der Waals surface area (Å²) < 4.78 is 0. The van der Waals surface area contributed by atoms with Crippen LogP contribution in [0.3, 0.4) is 0 Å². The monoisotopic (exact) mass is 245 g/mol. The van der Waals surface area contributed by atoms with Crippen molar-refractivity contribution < 1.29 is 4.79 Å². The first-order chi connectivity index (χ1) is 7.56. The zero-order chi connectivity index (χ0) is 12.1. The van der Waals surface area contributed by atoms with Crippen LogP contribution < -0.4 is 5.73 Å². The zero-order valence-corrected chi connectivity index (χ0v) is 11.3. The molecule has 4 nitrogen and oxygen atoms in total. The van der Waals surface area contributed by atoms with E-state index in [2.05, 4.69) is 18.9 Å². The van der Waals surface area contributed by atoms with E-state index in [0.717, 1.165) is 31.8 Å². The summed E-state index contributed by atoms with van der Waals surface area (Å²) >= 11 is 1.74. The van der Waals surface area contributed by atoms with Crippen LogP contribution in [-0.4, -0.2) is 66.5 Å². The third-order valence-corrected chi connectivity index (χ3v) is 3.87. The summed E-state index contributed by atoms with van der Waals surface area (Å²) in [7, 11) is 2.10. The minimum absolute atomic E-state index is 0.119. The molecule has 0 aliphatic carbocycles. The van der Waals surface area contributed by atoms with Gasteiger partial charge in [0.1, 0.15) is 0 Å². The Kier molecular flexibility index (Phi) is 5.58. The SMILES string of the molecule is CSCC[C@H](N)C(=O)N1CCN(C)C(C)C1. The number of nitrogens with two attached hydrogens (primary N) is 1. The van der Waals surface area contributed by atoms with Gasteiger partial charge in [-0.15, -0.1) is 0 Å². The van der Waals surface area contributed by atoms with Crippen molar-refractivity contribution in [2.45, 2.75) is 25.4 Å². The van der Waals surface area contributed by atoms with E-state index in [1.54, 1.807) is 11.8 Å². The van der Waals surface area contributed by atoms with Gasteiger partial charge in [-0.05, 0) is 32.4 Å². The number of carbonyl (C=O) groups excluding carboxylic acids is 1. The average Bonchev–Trinajstić information content (AvgIpc) is 2.28. The number of nitrogens with zero attached hydrogens (tertiary/aromatic N) is 2. The van der Waals surface area contributed by atoms with Gasteiger partial charge in [-0.3, -0.25) is 4.79 Å². The average molecular weight is 245 g/mol. The molecule has 0 aromatic heterocycles. The number of amides is 1. The van der Waals surface area contributed by atoms with Crippen LogP contribution in [0.1, 0.15) is 13.3 Å². The van der Waals surface area contributed by atoms with Gasteiger partial charge < -0.3 is 15.5 Å². The van der Waals surface area contributed by atoms with Crippen LogP contribution in [0.4, 0.5) is 0 Å². The second kappa shape index (κ2) is 6.47. The third kappa shape index (κ3) is 3.64. The molecule has 0 aromatic carbocycles. The van der Waals surface area contributed by atoms with Gasteiger partial charge in [-0.1, -0.05) is 0 Å². The number of thioether (sulfide) groups is 1. The lowest BCUT2D eigenvalue weighted by molar-refractivity contribution is -0.135. The smallest absolute Gasteiger partial charge is 0.239 e. The number of hydrogen-bond acceptors (Lipinski definition) is 4. The molecule has 2 atom stereocenters. The predicted octanol–water partition coefficient (Wildman–Crippen LogP) is 0.229. The molecule has 0 spiro atoms. The Hall–Kier alpha value is -0.260. The van der Waals surface area contributed by atoms with E-state index in [9.17, 15) is 4.79 Å². The number of likely N-dealkylation sites (N-methyl/N-ethyl adjacent to an activating group) is 1. The molecular formula is C11H23N3OS. The molecule has 1 aliphatic heterocycles. The molecule has 1 heterocycles. The lowest BCUT2D eigenvalue weighted by atomic mass is 10.1. The van der Waals surface area contributed by atoms with Crippen LogP contribution in [0.15, 0.2) is 0 Å². The normalized spacial score (nSPS) is 24.5. The quantitative estimate of drug-likeness (QED) is 0.770. The molecule has 1 rings (SSSR count). The maximum Gasteiger partial charge on any atom is 0.239 e. The zero-order valence-electron chi connectivity index (χ0n) is 10.5. The number of hydrogen-bond donors (Lipinski definition) is 1. The van der Waals surface area contributed by atoms with Gasteiger partial charge in [0.15, 0.2) is 0 Å². The van der Waals surface area contributed by atoms with Crippen LogP contribution >= 0.6 is 11.8 Å². The minimum Gasteiger partial charge on any atom is -0.339 e. The molecule has 1 amide bonds. The lowest BCUT2D eigenvalue weighted by Gasteiger charge is -2.38. The van der Waals surface area contributed by atoms with E-state index in [-0.39, 0.29) is 11.9 Å². The van der Waals surface area contributed by atoms with Crippen molar-refractivity contribution >= 4 is 17.7 Å². The van der Waals surface area contributed by atoms with Crippen LogP contribution in [0, 0.1) is 0 Å². The first kappa shape index (κ1) is 13.8. The molecule has 0 radical (unpaired) electrons. The fourth-order valence-electron chi connectivity index (χ4n) is 1.85. The molecule has 2 N–H and O–H groups in total. The number of carbonyl (C=O) groups is 1. The highest BCUT2D eigenvalue weighted by Crippen LogP contribution is 2.09. The van der Waals surface area contributed by atoms with Gasteiger partial charge >= 0.3 is 0 Å². The molecular weight excluding hydrogens is 222 g/mol. The lowest BCUT2D eigenvalue weighted by Crippen LogP contribution is -2.55. The highest BCUT2D eigenvalue weighted by Gasteiger charge is 2.27. The summed E-state index contributed by atoms with van der Waals surface area (Å²) in [6, 6.07) is 0.119. The first-order valence-electron chi connectivity index (χ1n) is 5.79. The van der Waals surface area contributed by atoms with Gasteiger partial charge in [0.2, 0.25) is 5.91 Å². The van der Waals surface area contributed by atoms with Crippen molar-refractivity contribution in [3.8, 4) is 0 Å². The van der Waals surface area contributed by atoms with Crippen molar-refractivity contribution in [1.82, 2.24) is 9.80 Å². The molecule has 94 valence electrons. The highest BCUT2D eigenvalue weighted by atomic mass is 32.2. The topological polar surface area (TPSA) is 49.6 Å². The molecule has 5 heteroatoms. The van der Waals surface area contributed by atoms with E-state index in [0.29, 0.717) is 6.04 Å². The Morgan fingerprint density at radius 1 is 1.56 bits per heavy atom. The van der Waals surface area contributed by atoms with Gasteiger partial charge in [0.25, 0.3) is 0 Å². The molecule has 1 fully saturated rings. The summed E-state index contributed by atoms with van der Waals surface area (Å²) in [5.41, 5.74) is 5.90. The van der Waals surface area contributed by atoms with E-state index in [4.69, 9.17) is 5.73 Å². The summed E-state index contributed by atoms with van der Waals surface area (Å²) in [5.74, 6) is 1.07. The largest absolute Gasteiger partial charge is 0.339 e. The van der Waals surface area contributed by atoms with Gasteiger partial charge in [-0.2, -0.15) is 11.8 Å². The Bertz CT molecular complexity index is 237. The Morgan fingerprint density at radius 3 is 2.81 bits per heavy atom. The number of rotatable bonds is 4. The fourth-order valence-corrected chi connectivity index (χ4v) is 2.34. The summed E-state index contributed by atoms with van der Waals surface area (Å²) in [5, 5.41) is 0. The standard InChI is InChI=1S/C11H23N3OS/c1-9-8-14(6-5-13(9)2)11(15)10(12)4-7-16-3/h9-10H,4-8,12H2,1-3H3/t9?,10-/m0/s1. The molecule has 0 aromatic rings. The maximum absolute atomic E-state index is 12.0. The van der Waals surface area contributed by atoms with Crippen LogP contribution in [0.25, 0.3) is 0 Å². The fraction of sp³-hybridized carbons (Fsp3) is 0.909.